The van der Waals surface area contributed by atoms with Crippen molar-refractivity contribution in [3.8, 4) is 0 Å². The van der Waals surface area contributed by atoms with Gasteiger partial charge in [-0.05, 0) is 5.21 Å². The summed E-state index contributed by atoms with van der Waals surface area (Å²) in [5.74, 6) is 0.0972. The van der Waals surface area contributed by atoms with E-state index in [1.165, 1.54) is 0 Å². The monoisotopic (exact) mass is 129 g/mol. The van der Waals surface area contributed by atoms with Crippen molar-refractivity contribution in [2.75, 3.05) is 0 Å². The Morgan fingerprint density at radius 2 is 2.56 bits per heavy atom. The van der Waals surface area contributed by atoms with Gasteiger partial charge in [-0.25, -0.2) is 0 Å². The highest BCUT2D eigenvalue weighted by Gasteiger charge is 2.03. The van der Waals surface area contributed by atoms with Crippen molar-refractivity contribution in [2.24, 2.45) is 0 Å². The molecule has 0 aliphatic carbocycles. The third-order valence-electron chi connectivity index (χ3n) is 0.660. The highest BCUT2D eigenvalue weighted by Crippen LogP contribution is 1.83. The molecular weight excluding hydrogens is 126 g/mol. The molecule has 7 heteroatoms. The van der Waals surface area contributed by atoms with Crippen LogP contribution in [0.1, 0.15) is 5.82 Å². The zero-order valence-corrected chi connectivity index (χ0v) is 4.31. The first kappa shape index (κ1) is 5.60. The number of H-pyrrole nitrogens is 1. The first-order valence-electron chi connectivity index (χ1n) is 2.13. The Kier molecular flexibility index (Phi) is 1.34. The molecule has 0 aromatic carbocycles. The summed E-state index contributed by atoms with van der Waals surface area (Å²) in [4.78, 5) is 9.23. The van der Waals surface area contributed by atoms with E-state index < -0.39 is 4.92 Å². The van der Waals surface area contributed by atoms with Crippen LogP contribution in [-0.2, 0) is 6.54 Å². The zero-order valence-electron chi connectivity index (χ0n) is 4.31. The molecule has 9 heavy (non-hydrogen) atoms. The molecule has 0 amide bonds. The third-order valence-corrected chi connectivity index (χ3v) is 0.660. The van der Waals surface area contributed by atoms with Gasteiger partial charge in [0, 0.05) is 4.92 Å². The summed E-state index contributed by atoms with van der Waals surface area (Å²) in [7, 11) is 0. The predicted molar refractivity (Wildman–Crippen MR) is 24.9 cm³/mol. The van der Waals surface area contributed by atoms with E-state index in [-0.39, 0.29) is 12.4 Å². The van der Waals surface area contributed by atoms with E-state index in [0.29, 0.717) is 0 Å². The van der Waals surface area contributed by atoms with Crippen LogP contribution in [-0.4, -0.2) is 25.5 Å². The average Bonchev–Trinajstić information content (AvgIpc) is 2.15. The number of aromatic amines is 1. The number of nitrogens with one attached hydrogen (secondary N) is 1. The van der Waals surface area contributed by atoms with Crippen molar-refractivity contribution < 1.29 is 4.92 Å². The van der Waals surface area contributed by atoms with Crippen molar-refractivity contribution >= 4 is 0 Å². The molecule has 1 rings (SSSR count). The zero-order chi connectivity index (χ0) is 6.69. The fourth-order valence-corrected chi connectivity index (χ4v) is 0.365. The molecular formula is C2H3N5O2. The lowest BCUT2D eigenvalue weighted by molar-refractivity contribution is -0.498. The maximum atomic E-state index is 9.75. The van der Waals surface area contributed by atoms with Gasteiger partial charge in [0.1, 0.15) is 0 Å². The van der Waals surface area contributed by atoms with Crippen LogP contribution < -0.4 is 0 Å². The van der Waals surface area contributed by atoms with Crippen LogP contribution in [0.5, 0.6) is 0 Å². The van der Waals surface area contributed by atoms with E-state index in [9.17, 15) is 10.1 Å². The first-order chi connectivity index (χ1) is 4.29. The van der Waals surface area contributed by atoms with Crippen LogP contribution in [0.25, 0.3) is 0 Å². The fourth-order valence-electron chi connectivity index (χ4n) is 0.365. The Morgan fingerprint density at radius 1 is 1.78 bits per heavy atom. The highest BCUT2D eigenvalue weighted by molar-refractivity contribution is 4.68. The Labute approximate surface area is 49.2 Å². The van der Waals surface area contributed by atoms with Crippen molar-refractivity contribution in [3.63, 3.8) is 0 Å². The van der Waals surface area contributed by atoms with Crippen LogP contribution in [0.15, 0.2) is 0 Å². The van der Waals surface area contributed by atoms with Crippen LogP contribution in [0.3, 0.4) is 0 Å². The Morgan fingerprint density at radius 3 is 3.00 bits per heavy atom. The number of aromatic nitrogens is 4. The molecule has 7 nitrogen and oxygen atoms in total. The van der Waals surface area contributed by atoms with E-state index in [4.69, 9.17) is 0 Å². The second kappa shape index (κ2) is 2.16. The smallest absolute Gasteiger partial charge is 0.264 e. The third kappa shape index (κ3) is 1.44. The number of hydrogen-bond acceptors (Lipinski definition) is 5. The summed E-state index contributed by atoms with van der Waals surface area (Å²) >= 11 is 0. The van der Waals surface area contributed by atoms with Gasteiger partial charge < -0.3 is 0 Å². The molecule has 0 aliphatic heterocycles. The number of nitrogens with zero attached hydrogens (tertiary/aromatic N) is 4. The molecule has 1 aromatic heterocycles. The molecule has 0 saturated carbocycles. The highest BCUT2D eigenvalue weighted by atomic mass is 16.6. The van der Waals surface area contributed by atoms with Crippen molar-refractivity contribution in [1.82, 2.24) is 20.6 Å². The maximum Gasteiger partial charge on any atom is 0.266 e. The van der Waals surface area contributed by atoms with E-state index >= 15 is 0 Å². The minimum Gasteiger partial charge on any atom is -0.264 e. The van der Waals surface area contributed by atoms with Gasteiger partial charge in [0.05, 0.1) is 0 Å². The molecule has 0 bridgehead atoms. The topological polar surface area (TPSA) is 97.6 Å². The van der Waals surface area contributed by atoms with Gasteiger partial charge in [-0.1, -0.05) is 0 Å². The molecule has 1 aromatic rings. The normalized spacial score (nSPS) is 9.33. The Bertz CT molecular complexity index is 193. The molecule has 1 N–H and O–H groups in total. The van der Waals surface area contributed by atoms with Crippen LogP contribution in [0.2, 0.25) is 0 Å². The summed E-state index contributed by atoms with van der Waals surface area (Å²) in [6, 6.07) is 0. The predicted octanol–water partition coefficient (Wildman–Crippen LogP) is -1.02. The molecule has 0 atom stereocenters. The number of rotatable bonds is 2. The average molecular weight is 129 g/mol. The first-order valence-corrected chi connectivity index (χ1v) is 2.13. The minimum absolute atomic E-state index is 0.0972. The van der Waals surface area contributed by atoms with Crippen molar-refractivity contribution in [1.29, 1.82) is 0 Å². The summed E-state index contributed by atoms with van der Waals surface area (Å²) in [6.07, 6.45) is 0. The largest absolute Gasteiger partial charge is 0.266 e. The lowest BCUT2D eigenvalue weighted by atomic mass is 10.6. The molecule has 0 radical (unpaired) electrons. The van der Waals surface area contributed by atoms with Crippen molar-refractivity contribution in [2.45, 2.75) is 6.54 Å². The number of nitro groups is 1. The van der Waals surface area contributed by atoms with E-state index in [2.05, 4.69) is 20.6 Å². The molecule has 48 valence electrons. The van der Waals surface area contributed by atoms with Gasteiger partial charge >= 0.3 is 0 Å². The van der Waals surface area contributed by atoms with Gasteiger partial charge in [0.15, 0.2) is 0 Å². The SMILES string of the molecule is O=[N+]([O-])Cc1nn[nH]n1. The molecule has 0 fully saturated rings. The number of tetrazole rings is 1. The molecule has 1 heterocycles. The second-order valence-electron chi connectivity index (χ2n) is 1.32. The lowest BCUT2D eigenvalue weighted by Crippen LogP contribution is -1.99. The van der Waals surface area contributed by atoms with Gasteiger partial charge in [0.2, 0.25) is 5.82 Å². The van der Waals surface area contributed by atoms with Crippen LogP contribution >= 0.6 is 0 Å². The van der Waals surface area contributed by atoms with E-state index in [0.717, 1.165) is 0 Å². The Hall–Kier alpha value is -1.53. The summed E-state index contributed by atoms with van der Waals surface area (Å²) in [6.45, 7) is -0.378. The summed E-state index contributed by atoms with van der Waals surface area (Å²) in [5.41, 5.74) is 0. The summed E-state index contributed by atoms with van der Waals surface area (Å²) in [5, 5.41) is 21.7. The van der Waals surface area contributed by atoms with Gasteiger partial charge in [-0.15, -0.1) is 10.2 Å². The van der Waals surface area contributed by atoms with E-state index in [1.807, 2.05) is 0 Å². The minimum atomic E-state index is -0.523. The second-order valence-corrected chi connectivity index (χ2v) is 1.32. The van der Waals surface area contributed by atoms with E-state index in [1.54, 1.807) is 0 Å². The van der Waals surface area contributed by atoms with Crippen LogP contribution in [0, 0.1) is 10.1 Å². The maximum absolute atomic E-state index is 9.75. The Balaban J connectivity index is 2.58. The van der Waals surface area contributed by atoms with Gasteiger partial charge in [-0.3, -0.25) is 10.1 Å². The lowest BCUT2D eigenvalue weighted by Gasteiger charge is -1.80. The number of hydrogen-bond donors (Lipinski definition) is 1. The van der Waals surface area contributed by atoms with Gasteiger partial charge in [-0.2, -0.15) is 5.21 Å². The molecule has 0 unspecified atom stereocenters. The standard InChI is InChI=1S/C2H3N5O2/c8-7(9)1-2-3-5-6-4-2/h1H2,(H,3,4,5,6). The summed E-state index contributed by atoms with van der Waals surface area (Å²) < 4.78 is 0. The molecule has 0 spiro atoms. The molecule has 0 saturated heterocycles. The fraction of sp³-hybridized carbons (Fsp3) is 0.500. The van der Waals surface area contributed by atoms with Crippen molar-refractivity contribution in [3.05, 3.63) is 15.9 Å². The molecule has 0 aliphatic rings. The quantitative estimate of drug-likeness (QED) is 0.407. The van der Waals surface area contributed by atoms with Crippen LogP contribution in [0.4, 0.5) is 0 Å². The van der Waals surface area contributed by atoms with Gasteiger partial charge in [0.25, 0.3) is 6.54 Å².